The highest BCUT2D eigenvalue weighted by Crippen LogP contribution is 2.22. The summed E-state index contributed by atoms with van der Waals surface area (Å²) < 4.78 is 0. The van der Waals surface area contributed by atoms with Gasteiger partial charge in [-0.25, -0.2) is 9.78 Å². The van der Waals surface area contributed by atoms with Crippen LogP contribution in [0.3, 0.4) is 0 Å². The smallest absolute Gasteiger partial charge is 0.315 e. The first-order chi connectivity index (χ1) is 13.7. The number of benzene rings is 1. The molecule has 1 aromatic carbocycles. The number of carbonyl (C=O) groups excluding carboxylic acids is 2. The molecular weight excluding hydrogens is 372 g/mol. The largest absolute Gasteiger partial charge is 0.339 e. The minimum absolute atomic E-state index is 0.0458. The quantitative estimate of drug-likeness (QED) is 0.733. The summed E-state index contributed by atoms with van der Waals surface area (Å²) in [6.45, 7) is 2.56. The number of nitrogens with zero attached hydrogens (tertiary/aromatic N) is 2. The van der Waals surface area contributed by atoms with Gasteiger partial charge in [-0.05, 0) is 42.7 Å². The first kappa shape index (κ1) is 20.2. The fourth-order valence-corrected chi connectivity index (χ4v) is 3.85. The number of pyridine rings is 1. The molecule has 0 aliphatic carbocycles. The third kappa shape index (κ3) is 5.48. The maximum atomic E-state index is 12.8. The molecule has 0 unspecified atom stereocenters. The second-order valence-electron chi connectivity index (χ2n) is 6.84. The van der Waals surface area contributed by atoms with Crippen molar-refractivity contribution in [1.29, 1.82) is 0 Å². The standard InChI is InChI=1S/C21H26N4O2S/c1-28-19-18(8-5-11-22-19)20(26)25-12-9-17(10-13-25)15-24-21(27)23-14-16-6-3-2-4-7-16/h2-8,11,17H,9-10,12-15H2,1H3,(H2,23,24,27). The molecule has 7 heteroatoms. The Hall–Kier alpha value is -2.54. The SMILES string of the molecule is CSc1ncccc1C(=O)N1CCC(CNC(=O)NCc2ccccc2)CC1. The van der Waals surface area contributed by atoms with E-state index in [0.717, 1.165) is 23.4 Å². The van der Waals surface area contributed by atoms with Gasteiger partial charge in [-0.3, -0.25) is 4.79 Å². The summed E-state index contributed by atoms with van der Waals surface area (Å²) in [5.41, 5.74) is 1.75. The van der Waals surface area contributed by atoms with Crippen molar-refractivity contribution in [2.75, 3.05) is 25.9 Å². The van der Waals surface area contributed by atoms with Crippen molar-refractivity contribution in [2.24, 2.45) is 5.92 Å². The summed E-state index contributed by atoms with van der Waals surface area (Å²) in [6, 6.07) is 13.3. The highest BCUT2D eigenvalue weighted by Gasteiger charge is 2.25. The van der Waals surface area contributed by atoms with E-state index in [0.29, 0.717) is 37.7 Å². The van der Waals surface area contributed by atoms with E-state index in [1.807, 2.05) is 47.6 Å². The monoisotopic (exact) mass is 398 g/mol. The molecule has 2 heterocycles. The molecule has 2 aromatic rings. The molecule has 148 valence electrons. The molecule has 28 heavy (non-hydrogen) atoms. The van der Waals surface area contributed by atoms with Crippen LogP contribution in [0.4, 0.5) is 4.79 Å². The fraction of sp³-hybridized carbons (Fsp3) is 0.381. The Morgan fingerprint density at radius 2 is 1.86 bits per heavy atom. The average Bonchev–Trinajstić information content (AvgIpc) is 2.76. The van der Waals surface area contributed by atoms with Crippen molar-refractivity contribution < 1.29 is 9.59 Å². The molecule has 0 spiro atoms. The second kappa shape index (κ2) is 10.1. The molecular formula is C21H26N4O2S. The second-order valence-corrected chi connectivity index (χ2v) is 7.64. The van der Waals surface area contributed by atoms with E-state index in [4.69, 9.17) is 0 Å². The van der Waals surface area contributed by atoms with Crippen molar-refractivity contribution in [3.05, 3.63) is 59.8 Å². The van der Waals surface area contributed by atoms with Crippen LogP contribution in [0.25, 0.3) is 0 Å². The maximum Gasteiger partial charge on any atom is 0.315 e. The third-order valence-electron chi connectivity index (χ3n) is 4.94. The van der Waals surface area contributed by atoms with Gasteiger partial charge in [0.25, 0.3) is 5.91 Å². The molecule has 3 amide bonds. The Morgan fingerprint density at radius 1 is 1.11 bits per heavy atom. The molecule has 1 aromatic heterocycles. The van der Waals surface area contributed by atoms with Crippen LogP contribution in [0.2, 0.25) is 0 Å². The lowest BCUT2D eigenvalue weighted by atomic mass is 9.96. The Bertz CT molecular complexity index is 792. The lowest BCUT2D eigenvalue weighted by Gasteiger charge is -2.32. The summed E-state index contributed by atoms with van der Waals surface area (Å²) in [7, 11) is 0. The van der Waals surface area contributed by atoms with Gasteiger partial charge in [0.15, 0.2) is 0 Å². The van der Waals surface area contributed by atoms with Crippen LogP contribution in [0.5, 0.6) is 0 Å². The van der Waals surface area contributed by atoms with Gasteiger partial charge in [0.2, 0.25) is 0 Å². The predicted octanol–water partition coefficient (Wildman–Crippen LogP) is 3.16. The number of nitrogens with one attached hydrogen (secondary N) is 2. The van der Waals surface area contributed by atoms with E-state index in [1.165, 1.54) is 11.8 Å². The van der Waals surface area contributed by atoms with Crippen LogP contribution in [0, 0.1) is 5.92 Å². The minimum Gasteiger partial charge on any atom is -0.339 e. The van der Waals surface area contributed by atoms with E-state index in [1.54, 1.807) is 12.3 Å². The number of amides is 3. The Kier molecular flexibility index (Phi) is 7.31. The van der Waals surface area contributed by atoms with Crippen LogP contribution in [0.1, 0.15) is 28.8 Å². The molecule has 0 atom stereocenters. The van der Waals surface area contributed by atoms with Crippen molar-refractivity contribution in [2.45, 2.75) is 24.4 Å². The highest BCUT2D eigenvalue weighted by atomic mass is 32.2. The van der Waals surface area contributed by atoms with E-state index < -0.39 is 0 Å². The lowest BCUT2D eigenvalue weighted by molar-refractivity contribution is 0.0686. The van der Waals surface area contributed by atoms with Crippen LogP contribution in [-0.4, -0.2) is 47.7 Å². The van der Waals surface area contributed by atoms with Crippen LogP contribution in [0.15, 0.2) is 53.7 Å². The Labute approximate surface area is 170 Å². The molecule has 2 N–H and O–H groups in total. The van der Waals surface area contributed by atoms with Crippen molar-refractivity contribution in [3.8, 4) is 0 Å². The van der Waals surface area contributed by atoms with Gasteiger partial charge >= 0.3 is 6.03 Å². The molecule has 1 saturated heterocycles. The van der Waals surface area contributed by atoms with E-state index in [9.17, 15) is 9.59 Å². The topological polar surface area (TPSA) is 74.3 Å². The molecule has 0 bridgehead atoms. The van der Waals surface area contributed by atoms with E-state index >= 15 is 0 Å². The molecule has 1 fully saturated rings. The van der Waals surface area contributed by atoms with E-state index in [-0.39, 0.29) is 11.9 Å². The van der Waals surface area contributed by atoms with Crippen LogP contribution in [-0.2, 0) is 6.54 Å². The first-order valence-electron chi connectivity index (χ1n) is 9.51. The molecule has 0 saturated carbocycles. The summed E-state index contributed by atoms with van der Waals surface area (Å²) in [5.74, 6) is 0.435. The Balaban J connectivity index is 1.40. The van der Waals surface area contributed by atoms with Gasteiger partial charge in [-0.15, -0.1) is 11.8 Å². The maximum absolute atomic E-state index is 12.8. The number of likely N-dealkylation sites (tertiary alicyclic amines) is 1. The summed E-state index contributed by atoms with van der Waals surface area (Å²) in [4.78, 5) is 30.9. The van der Waals surface area contributed by atoms with Gasteiger partial charge < -0.3 is 15.5 Å². The zero-order valence-corrected chi connectivity index (χ0v) is 16.9. The first-order valence-corrected chi connectivity index (χ1v) is 10.7. The zero-order chi connectivity index (χ0) is 19.8. The van der Waals surface area contributed by atoms with Crippen LogP contribution >= 0.6 is 11.8 Å². The summed E-state index contributed by atoms with van der Waals surface area (Å²) >= 11 is 1.49. The molecule has 3 rings (SSSR count). The van der Waals surface area contributed by atoms with Gasteiger partial charge in [0, 0.05) is 32.4 Å². The van der Waals surface area contributed by atoms with Gasteiger partial charge in [-0.2, -0.15) is 0 Å². The third-order valence-corrected chi connectivity index (χ3v) is 5.66. The minimum atomic E-state index is -0.151. The number of hydrogen-bond donors (Lipinski definition) is 2. The van der Waals surface area contributed by atoms with Gasteiger partial charge in [0.05, 0.1) is 5.56 Å². The highest BCUT2D eigenvalue weighted by molar-refractivity contribution is 7.98. The number of piperidine rings is 1. The molecule has 1 aliphatic rings. The zero-order valence-electron chi connectivity index (χ0n) is 16.1. The van der Waals surface area contributed by atoms with Crippen LogP contribution < -0.4 is 10.6 Å². The molecule has 1 aliphatic heterocycles. The summed E-state index contributed by atoms with van der Waals surface area (Å²) in [5, 5.41) is 6.60. The number of thioether (sulfide) groups is 1. The summed E-state index contributed by atoms with van der Waals surface area (Å²) in [6.07, 6.45) is 5.42. The molecule has 0 radical (unpaired) electrons. The molecule has 6 nitrogen and oxygen atoms in total. The Morgan fingerprint density at radius 3 is 2.57 bits per heavy atom. The number of hydrogen-bond acceptors (Lipinski definition) is 4. The number of carbonyl (C=O) groups is 2. The van der Waals surface area contributed by atoms with Crippen molar-refractivity contribution >= 4 is 23.7 Å². The van der Waals surface area contributed by atoms with Crippen molar-refractivity contribution in [3.63, 3.8) is 0 Å². The number of rotatable bonds is 6. The van der Waals surface area contributed by atoms with E-state index in [2.05, 4.69) is 15.6 Å². The van der Waals surface area contributed by atoms with Gasteiger partial charge in [-0.1, -0.05) is 30.3 Å². The lowest BCUT2D eigenvalue weighted by Crippen LogP contribution is -2.43. The van der Waals surface area contributed by atoms with Gasteiger partial charge in [0.1, 0.15) is 5.03 Å². The fourth-order valence-electron chi connectivity index (χ4n) is 3.30. The number of urea groups is 1. The predicted molar refractivity (Wildman–Crippen MR) is 111 cm³/mol. The average molecular weight is 399 g/mol. The number of aromatic nitrogens is 1. The van der Waals surface area contributed by atoms with Crippen molar-refractivity contribution in [1.82, 2.24) is 20.5 Å². The normalized spacial score (nSPS) is 14.5.